The summed E-state index contributed by atoms with van der Waals surface area (Å²) >= 11 is 0. The Kier molecular flexibility index (Phi) is 9.70. The van der Waals surface area contributed by atoms with Gasteiger partial charge in [-0.25, -0.2) is 0 Å². The normalized spacial score (nSPS) is 10.4. The van der Waals surface area contributed by atoms with Crippen LogP contribution in [0.25, 0.3) is 0 Å². The standard InChI is InChI=1S/C7H20N4/c8-2-6-10-4-1-5-11-7-3-9/h10-11H,1-9H2/p+3. The monoisotopic (exact) mass is 163 g/mol. The van der Waals surface area contributed by atoms with Crippen molar-refractivity contribution in [2.45, 2.75) is 6.42 Å². The van der Waals surface area contributed by atoms with Gasteiger partial charge >= 0.3 is 0 Å². The lowest BCUT2D eigenvalue weighted by atomic mass is 10.4. The van der Waals surface area contributed by atoms with Gasteiger partial charge in [0.15, 0.2) is 0 Å². The summed E-state index contributed by atoms with van der Waals surface area (Å²) in [5.41, 5.74) is 7.53. The van der Waals surface area contributed by atoms with E-state index in [1.165, 1.54) is 13.0 Å². The summed E-state index contributed by atoms with van der Waals surface area (Å²) in [7, 11) is 0. The van der Waals surface area contributed by atoms with Crippen molar-refractivity contribution in [1.29, 1.82) is 0 Å². The van der Waals surface area contributed by atoms with Crippen molar-refractivity contribution in [3.05, 3.63) is 0 Å². The van der Waals surface area contributed by atoms with E-state index in [2.05, 4.69) is 22.1 Å². The van der Waals surface area contributed by atoms with E-state index in [0.29, 0.717) is 0 Å². The van der Waals surface area contributed by atoms with Crippen molar-refractivity contribution in [3.63, 3.8) is 0 Å². The minimum absolute atomic E-state index is 0.989. The molecule has 0 heterocycles. The van der Waals surface area contributed by atoms with Crippen LogP contribution in [-0.4, -0.2) is 39.3 Å². The quantitative estimate of drug-likeness (QED) is 0.270. The average Bonchev–Trinajstić information content (AvgIpc) is 2.03. The maximum Gasteiger partial charge on any atom is 0.125 e. The molecular weight excluding hydrogens is 140 g/mol. The highest BCUT2D eigenvalue weighted by Crippen LogP contribution is 1.65. The zero-order valence-corrected chi connectivity index (χ0v) is 7.44. The molecule has 0 aromatic carbocycles. The van der Waals surface area contributed by atoms with Crippen LogP contribution in [-0.2, 0) is 0 Å². The Morgan fingerprint density at radius 1 is 1.00 bits per heavy atom. The summed E-state index contributed by atoms with van der Waals surface area (Å²) in [5.74, 6) is 0. The third kappa shape index (κ3) is 9.84. The van der Waals surface area contributed by atoms with Crippen molar-refractivity contribution in [1.82, 2.24) is 5.32 Å². The van der Waals surface area contributed by atoms with Crippen LogP contribution in [0.3, 0.4) is 0 Å². The van der Waals surface area contributed by atoms with Crippen LogP contribution in [0.1, 0.15) is 6.42 Å². The van der Waals surface area contributed by atoms with E-state index in [1.807, 2.05) is 0 Å². The minimum atomic E-state index is 0.989. The number of hydrogen-bond acceptors (Lipinski definition) is 1. The first-order valence-corrected chi connectivity index (χ1v) is 4.52. The van der Waals surface area contributed by atoms with Gasteiger partial charge in [-0.2, -0.15) is 0 Å². The number of hydrogen-bond donors (Lipinski definition) is 4. The van der Waals surface area contributed by atoms with Gasteiger partial charge < -0.3 is 22.1 Å². The van der Waals surface area contributed by atoms with Gasteiger partial charge in [0.05, 0.1) is 13.1 Å². The predicted molar refractivity (Wildman–Crippen MR) is 44.7 cm³/mol. The van der Waals surface area contributed by atoms with E-state index in [-0.39, 0.29) is 0 Å². The zero-order chi connectivity index (χ0) is 8.36. The molecule has 0 radical (unpaired) electrons. The third-order valence-electron chi connectivity index (χ3n) is 1.52. The molecule has 0 aromatic heterocycles. The highest BCUT2D eigenvalue weighted by atomic mass is 14.9. The average molecular weight is 163 g/mol. The summed E-state index contributed by atoms with van der Waals surface area (Å²) in [6.07, 6.45) is 1.25. The zero-order valence-electron chi connectivity index (χ0n) is 7.44. The van der Waals surface area contributed by atoms with E-state index in [1.54, 1.807) is 0 Å². The van der Waals surface area contributed by atoms with Crippen LogP contribution in [0.15, 0.2) is 0 Å². The van der Waals surface area contributed by atoms with Crippen molar-refractivity contribution < 1.29 is 16.8 Å². The number of nitrogens with two attached hydrogens (primary N) is 1. The smallest absolute Gasteiger partial charge is 0.125 e. The SMILES string of the molecule is [NH3+]CCNCCC[NH2+]CC[NH3+]. The Balaban J connectivity index is 2.69. The predicted octanol–water partition coefficient (Wildman–Crippen LogP) is -3.99. The van der Waals surface area contributed by atoms with Gasteiger partial charge in [-0.15, -0.1) is 0 Å². The summed E-state index contributed by atoms with van der Waals surface area (Å²) in [4.78, 5) is 0. The van der Waals surface area contributed by atoms with Crippen molar-refractivity contribution in [3.8, 4) is 0 Å². The van der Waals surface area contributed by atoms with E-state index in [9.17, 15) is 0 Å². The molecule has 0 rings (SSSR count). The Hall–Kier alpha value is -0.160. The molecule has 4 nitrogen and oxygen atoms in total. The second-order valence-electron chi connectivity index (χ2n) is 2.68. The lowest BCUT2D eigenvalue weighted by molar-refractivity contribution is -0.670. The summed E-state index contributed by atoms with van der Waals surface area (Å²) < 4.78 is 0. The van der Waals surface area contributed by atoms with E-state index in [0.717, 1.165) is 32.7 Å². The molecule has 0 atom stereocenters. The van der Waals surface area contributed by atoms with E-state index >= 15 is 0 Å². The molecule has 0 saturated carbocycles. The molecule has 0 unspecified atom stereocenters. The highest BCUT2D eigenvalue weighted by Gasteiger charge is 1.90. The first kappa shape index (κ1) is 10.8. The molecule has 9 N–H and O–H groups in total. The van der Waals surface area contributed by atoms with E-state index in [4.69, 9.17) is 0 Å². The maximum absolute atomic E-state index is 3.78. The topological polar surface area (TPSA) is 83.9 Å². The minimum Gasteiger partial charge on any atom is -0.357 e. The number of rotatable bonds is 8. The Bertz CT molecular complexity index is 59.5. The number of nitrogens with one attached hydrogen (secondary N) is 1. The first-order chi connectivity index (χ1) is 5.41. The second-order valence-corrected chi connectivity index (χ2v) is 2.68. The van der Waals surface area contributed by atoms with Gasteiger partial charge in [0.25, 0.3) is 0 Å². The Morgan fingerprint density at radius 2 is 1.82 bits per heavy atom. The Morgan fingerprint density at radius 3 is 2.45 bits per heavy atom. The Labute approximate surface area is 68.7 Å². The molecule has 0 aromatic rings. The molecule has 0 fully saturated rings. The van der Waals surface area contributed by atoms with Gasteiger partial charge in [-0.3, -0.25) is 0 Å². The highest BCUT2D eigenvalue weighted by molar-refractivity contribution is 4.42. The fourth-order valence-corrected chi connectivity index (χ4v) is 0.910. The summed E-state index contributed by atoms with van der Waals surface area (Å²) in [6, 6.07) is 0. The fourth-order valence-electron chi connectivity index (χ4n) is 0.910. The van der Waals surface area contributed by atoms with Crippen molar-refractivity contribution >= 4 is 0 Å². The van der Waals surface area contributed by atoms with Gasteiger partial charge in [-0.05, 0) is 0 Å². The first-order valence-electron chi connectivity index (χ1n) is 4.52. The van der Waals surface area contributed by atoms with Crippen LogP contribution in [0, 0.1) is 0 Å². The molecular formula is C7H23N4+3. The van der Waals surface area contributed by atoms with Gasteiger partial charge in [0.1, 0.15) is 13.1 Å². The van der Waals surface area contributed by atoms with E-state index < -0.39 is 0 Å². The summed E-state index contributed by atoms with van der Waals surface area (Å²) in [5, 5.41) is 5.63. The largest absolute Gasteiger partial charge is 0.357 e. The van der Waals surface area contributed by atoms with Crippen LogP contribution in [0.4, 0.5) is 0 Å². The maximum atomic E-state index is 3.78. The van der Waals surface area contributed by atoms with Gasteiger partial charge in [-0.1, -0.05) is 0 Å². The molecule has 4 heteroatoms. The fraction of sp³-hybridized carbons (Fsp3) is 1.00. The van der Waals surface area contributed by atoms with Gasteiger partial charge in [0, 0.05) is 19.5 Å². The third-order valence-corrected chi connectivity index (χ3v) is 1.52. The number of quaternary nitrogens is 3. The molecule has 0 aliphatic rings. The van der Waals surface area contributed by atoms with Crippen molar-refractivity contribution in [2.24, 2.45) is 0 Å². The van der Waals surface area contributed by atoms with Crippen molar-refractivity contribution in [2.75, 3.05) is 39.3 Å². The molecule has 0 spiro atoms. The van der Waals surface area contributed by atoms with Crippen LogP contribution >= 0.6 is 0 Å². The molecule has 0 aliphatic heterocycles. The lowest BCUT2D eigenvalue weighted by Crippen LogP contribution is -2.88. The molecule has 0 amide bonds. The molecule has 68 valence electrons. The molecule has 11 heavy (non-hydrogen) atoms. The molecule has 0 bridgehead atoms. The van der Waals surface area contributed by atoms with Crippen LogP contribution < -0.4 is 22.1 Å². The molecule has 0 aliphatic carbocycles. The second kappa shape index (κ2) is 9.84. The van der Waals surface area contributed by atoms with Crippen LogP contribution in [0.2, 0.25) is 0 Å². The van der Waals surface area contributed by atoms with Gasteiger partial charge in [0.2, 0.25) is 0 Å². The summed E-state index contributed by atoms with van der Waals surface area (Å²) in [6.45, 7) is 6.59. The molecule has 0 saturated heterocycles. The lowest BCUT2D eigenvalue weighted by Gasteiger charge is -2.00. The van der Waals surface area contributed by atoms with Crippen LogP contribution in [0.5, 0.6) is 0 Å².